The largest absolute Gasteiger partial charge is 0.398 e. The summed E-state index contributed by atoms with van der Waals surface area (Å²) in [6.45, 7) is 8.85. The molecular weight excluding hydrogens is 945 g/mol. The summed E-state index contributed by atoms with van der Waals surface area (Å²) in [5, 5.41) is 19.6. The highest BCUT2D eigenvalue weighted by Crippen LogP contribution is 2.49. The number of allylic oxidation sites excluding steroid dienone is 2. The molecule has 12 aromatic rings. The monoisotopic (exact) mass is 1010 g/mol. The second kappa shape index (κ2) is 24.6. The van der Waals surface area contributed by atoms with Gasteiger partial charge >= 0.3 is 0 Å². The van der Waals surface area contributed by atoms with Crippen molar-refractivity contribution in [2.75, 3.05) is 12.8 Å². The van der Waals surface area contributed by atoms with E-state index in [0.29, 0.717) is 12.5 Å². The van der Waals surface area contributed by atoms with Crippen molar-refractivity contribution in [3.8, 4) is 22.3 Å². The van der Waals surface area contributed by atoms with Gasteiger partial charge < -0.3 is 22.1 Å². The maximum Gasteiger partial charge on any atom is 0.0807 e. The molecule has 1 aliphatic rings. The molecule has 4 nitrogen and oxygen atoms in total. The highest BCUT2D eigenvalue weighted by Gasteiger charge is 2.33. The minimum atomic E-state index is -0.179. The molecule has 78 heavy (non-hydrogen) atoms. The fraction of sp³-hybridized carbons (Fsp3) is 0.135. The fourth-order valence-corrected chi connectivity index (χ4v) is 11.1. The number of benzene rings is 12. The fourth-order valence-electron chi connectivity index (χ4n) is 11.1. The van der Waals surface area contributed by atoms with E-state index < -0.39 is 0 Å². The van der Waals surface area contributed by atoms with Crippen LogP contribution in [0.5, 0.6) is 0 Å². The number of hydrogen-bond donors (Lipinski definition) is 4. The van der Waals surface area contributed by atoms with Crippen molar-refractivity contribution in [2.24, 2.45) is 5.73 Å². The molecule has 2 unspecified atom stereocenters. The van der Waals surface area contributed by atoms with Crippen LogP contribution in [0.1, 0.15) is 91.2 Å². The van der Waals surface area contributed by atoms with Crippen LogP contribution >= 0.6 is 0 Å². The number of para-hydroxylation sites is 1. The Balaban J connectivity index is 0.000000171. The van der Waals surface area contributed by atoms with Gasteiger partial charge in [-0.2, -0.15) is 0 Å². The number of anilines is 1. The van der Waals surface area contributed by atoms with Crippen molar-refractivity contribution in [2.45, 2.75) is 58.8 Å². The van der Waals surface area contributed by atoms with Crippen molar-refractivity contribution in [3.63, 3.8) is 0 Å². The van der Waals surface area contributed by atoms with Crippen molar-refractivity contribution in [1.82, 2.24) is 10.6 Å². The average molecular weight is 1020 g/mol. The summed E-state index contributed by atoms with van der Waals surface area (Å²) in [6.07, 6.45) is 5.16. The number of nitrogen functional groups attached to an aromatic ring is 1. The molecule has 0 amide bonds. The Morgan fingerprint density at radius 3 is 1.59 bits per heavy atom. The average Bonchev–Trinajstić information content (AvgIpc) is 4.41. The van der Waals surface area contributed by atoms with Gasteiger partial charge in [0.25, 0.3) is 0 Å². The molecule has 0 saturated heterocycles. The van der Waals surface area contributed by atoms with Gasteiger partial charge in [0.15, 0.2) is 0 Å². The third-order valence-electron chi connectivity index (χ3n) is 15.0. The first kappa shape index (κ1) is 52.8. The summed E-state index contributed by atoms with van der Waals surface area (Å²) in [5.74, 6) is 0.478. The van der Waals surface area contributed by atoms with Crippen LogP contribution in [-0.4, -0.2) is 7.05 Å². The van der Waals surface area contributed by atoms with Crippen molar-refractivity contribution in [1.29, 1.82) is 0 Å². The van der Waals surface area contributed by atoms with E-state index in [1.807, 2.05) is 40.0 Å². The predicted octanol–water partition coefficient (Wildman–Crippen LogP) is 18.6. The minimum absolute atomic E-state index is 0.0884. The van der Waals surface area contributed by atoms with Gasteiger partial charge in [-0.3, -0.25) is 0 Å². The number of hydrogen-bond acceptors (Lipinski definition) is 4. The van der Waals surface area contributed by atoms with E-state index in [2.05, 4.69) is 260 Å². The van der Waals surface area contributed by atoms with Crippen molar-refractivity contribution in [3.05, 3.63) is 294 Å². The molecule has 0 radical (unpaired) electrons. The Hall–Kier alpha value is -8.64. The van der Waals surface area contributed by atoms with Crippen LogP contribution in [0, 0.1) is 0 Å². The first-order valence-electron chi connectivity index (χ1n) is 27.7. The van der Waals surface area contributed by atoms with Crippen LogP contribution in [0.25, 0.3) is 76.1 Å². The molecule has 0 fully saturated rings. The Labute approximate surface area is 461 Å². The molecule has 13 rings (SSSR count). The van der Waals surface area contributed by atoms with Crippen LogP contribution in [-0.2, 0) is 6.54 Å². The highest BCUT2D eigenvalue weighted by molar-refractivity contribution is 6.15. The Morgan fingerprint density at radius 2 is 1.00 bits per heavy atom. The molecule has 2 atom stereocenters. The lowest BCUT2D eigenvalue weighted by Crippen LogP contribution is -2.24. The quantitative estimate of drug-likeness (QED) is 0.0451. The maximum atomic E-state index is 6.58. The van der Waals surface area contributed by atoms with E-state index in [1.54, 1.807) is 0 Å². The number of nitrogens with one attached hydrogen (secondary N) is 2. The van der Waals surface area contributed by atoms with Crippen LogP contribution in [0.3, 0.4) is 0 Å². The third-order valence-corrected chi connectivity index (χ3v) is 15.0. The Morgan fingerprint density at radius 1 is 0.474 bits per heavy atom. The first-order valence-corrected chi connectivity index (χ1v) is 27.7. The summed E-state index contributed by atoms with van der Waals surface area (Å²) < 4.78 is 0. The van der Waals surface area contributed by atoms with Gasteiger partial charge in [0.05, 0.1) is 12.2 Å². The number of nitrogens with two attached hydrogens (primary N) is 2. The molecule has 386 valence electrons. The van der Waals surface area contributed by atoms with E-state index in [4.69, 9.17) is 11.5 Å². The van der Waals surface area contributed by atoms with Crippen molar-refractivity contribution >= 4 is 59.5 Å². The molecule has 0 aliphatic heterocycles. The molecule has 6 N–H and O–H groups in total. The molecular formula is C74H70N4. The number of fused-ring (bicyclic) bond motifs is 8. The van der Waals surface area contributed by atoms with Crippen LogP contribution in [0.15, 0.2) is 255 Å². The van der Waals surface area contributed by atoms with Gasteiger partial charge in [0.1, 0.15) is 0 Å². The van der Waals surface area contributed by atoms with E-state index in [1.165, 1.54) is 104 Å². The predicted molar refractivity (Wildman–Crippen MR) is 337 cm³/mol. The summed E-state index contributed by atoms with van der Waals surface area (Å²) in [4.78, 5) is 0. The SMILES string of the molecule is C/C=C\CC.CC.CNC(N)c1ccc2cc(CNC(c3cccc(-c4cc5ccccc5c5ccccc45)c3)c3ccccc3N)ccc2c1.c1cc(-c2cc3ccccc3c3ccccc23)cc(C2c3ccccc32)c1. The van der Waals surface area contributed by atoms with E-state index in [9.17, 15) is 0 Å². The smallest absolute Gasteiger partial charge is 0.0807 e. The molecule has 0 bridgehead atoms. The van der Waals surface area contributed by atoms with Gasteiger partial charge in [0.2, 0.25) is 0 Å². The molecule has 12 aromatic carbocycles. The standard InChI is InChI=1S/C40H36N4.C27H18.C5H10.C2H6/c1-43-40(42)32-20-19-27-21-26(17-18-28(27)22-32)25-44-39(36-15-6-7-16-38(36)41)31-11-8-10-29(23-31)37-24-30-9-2-3-12-33(30)34-13-4-5-14-35(34)37;1-2-11-21-19(8-1)17-26(23-13-4-3-12-22(21)23)18-9-7-10-20(16-18)27-24-14-5-6-15-25(24)27;1-3-5-4-2;1-2/h2-24,39-40,43-44H,25,41-42H2,1H3;1-17,27H;3,5H,4H2,1-2H3;1-2H3/b;;5-3-;. The second-order valence-electron chi connectivity index (χ2n) is 19.8. The van der Waals surface area contributed by atoms with Gasteiger partial charge in [-0.05, 0) is 172 Å². The molecule has 0 saturated carbocycles. The summed E-state index contributed by atoms with van der Waals surface area (Å²) in [6, 6.07) is 87.2. The normalized spacial score (nSPS) is 12.5. The molecule has 0 spiro atoms. The van der Waals surface area contributed by atoms with E-state index in [0.717, 1.165) is 23.2 Å². The lowest BCUT2D eigenvalue weighted by molar-refractivity contribution is 0.607. The molecule has 4 heteroatoms. The zero-order chi connectivity index (χ0) is 54.0. The lowest BCUT2D eigenvalue weighted by atomic mass is 9.90. The van der Waals surface area contributed by atoms with E-state index in [-0.39, 0.29) is 12.2 Å². The third kappa shape index (κ3) is 11.3. The Bertz CT molecular complexity index is 4030. The summed E-state index contributed by atoms with van der Waals surface area (Å²) in [7, 11) is 1.87. The van der Waals surface area contributed by atoms with E-state index >= 15 is 0 Å². The summed E-state index contributed by atoms with van der Waals surface area (Å²) >= 11 is 0. The zero-order valence-corrected chi connectivity index (χ0v) is 45.5. The van der Waals surface area contributed by atoms with Gasteiger partial charge in [-0.1, -0.05) is 239 Å². The summed E-state index contributed by atoms with van der Waals surface area (Å²) in [5.41, 5.74) is 27.4. The van der Waals surface area contributed by atoms with Crippen molar-refractivity contribution < 1.29 is 0 Å². The maximum absolute atomic E-state index is 6.58. The first-order chi connectivity index (χ1) is 38.4. The molecule has 0 aromatic heterocycles. The molecule has 1 aliphatic carbocycles. The van der Waals surface area contributed by atoms with Crippen LogP contribution < -0.4 is 22.1 Å². The van der Waals surface area contributed by atoms with Gasteiger partial charge in [-0.25, -0.2) is 0 Å². The Kier molecular flexibility index (Phi) is 16.6. The van der Waals surface area contributed by atoms with Crippen LogP contribution in [0.4, 0.5) is 5.69 Å². The van der Waals surface area contributed by atoms with Crippen LogP contribution in [0.2, 0.25) is 0 Å². The number of rotatable bonds is 11. The molecule has 0 heterocycles. The lowest BCUT2D eigenvalue weighted by Gasteiger charge is -2.23. The topological polar surface area (TPSA) is 76.1 Å². The zero-order valence-electron chi connectivity index (χ0n) is 45.5. The van der Waals surface area contributed by atoms with Gasteiger partial charge in [0, 0.05) is 18.2 Å². The highest BCUT2D eigenvalue weighted by atomic mass is 15.0. The minimum Gasteiger partial charge on any atom is -0.398 e. The second-order valence-corrected chi connectivity index (χ2v) is 19.8. The van der Waals surface area contributed by atoms with Gasteiger partial charge in [-0.15, -0.1) is 0 Å².